The third-order valence-electron chi connectivity index (χ3n) is 3.63. The highest BCUT2D eigenvalue weighted by Crippen LogP contribution is 2.37. The number of aromatic nitrogens is 3. The van der Waals surface area contributed by atoms with Gasteiger partial charge in [0.1, 0.15) is 12.2 Å². The minimum absolute atomic E-state index is 0.00454. The minimum atomic E-state index is -4.04. The summed E-state index contributed by atoms with van der Waals surface area (Å²) >= 11 is 0. The number of alkyl halides is 3. The number of nitrogens with one attached hydrogen (secondary N) is 2. The summed E-state index contributed by atoms with van der Waals surface area (Å²) in [5, 5.41) is 9.74. The van der Waals surface area contributed by atoms with Crippen LogP contribution in [-0.2, 0) is 6.42 Å². The van der Waals surface area contributed by atoms with E-state index >= 15 is 0 Å². The van der Waals surface area contributed by atoms with Gasteiger partial charge in [0.2, 0.25) is 0 Å². The SMILES string of the molecule is FC(F)(F)C1CCCC(NCCCc2ncn[nH]2)C1. The summed E-state index contributed by atoms with van der Waals surface area (Å²) < 4.78 is 37.9. The van der Waals surface area contributed by atoms with Crippen molar-refractivity contribution in [3.63, 3.8) is 0 Å². The Morgan fingerprint density at radius 3 is 2.89 bits per heavy atom. The molecule has 0 radical (unpaired) electrons. The maximum atomic E-state index is 12.6. The molecule has 0 aromatic carbocycles. The third-order valence-corrected chi connectivity index (χ3v) is 3.63. The molecule has 1 aromatic heterocycles. The smallest absolute Gasteiger partial charge is 0.314 e. The first-order valence-electron chi connectivity index (χ1n) is 6.70. The summed E-state index contributed by atoms with van der Waals surface area (Å²) in [6.07, 6.45) is 1.02. The predicted octanol–water partition coefficient (Wildman–Crippen LogP) is 2.45. The van der Waals surface area contributed by atoms with Gasteiger partial charge in [-0.3, -0.25) is 5.10 Å². The van der Waals surface area contributed by atoms with Crippen molar-refractivity contribution in [3.05, 3.63) is 12.2 Å². The molecule has 19 heavy (non-hydrogen) atoms. The molecule has 2 atom stereocenters. The second-order valence-electron chi connectivity index (χ2n) is 5.09. The van der Waals surface area contributed by atoms with Crippen LogP contribution in [0.4, 0.5) is 13.2 Å². The highest BCUT2D eigenvalue weighted by Gasteiger charge is 2.41. The van der Waals surface area contributed by atoms with E-state index in [-0.39, 0.29) is 18.9 Å². The first kappa shape index (κ1) is 14.3. The average Bonchev–Trinajstić information content (AvgIpc) is 2.87. The van der Waals surface area contributed by atoms with Crippen molar-refractivity contribution in [1.29, 1.82) is 0 Å². The van der Waals surface area contributed by atoms with E-state index < -0.39 is 12.1 Å². The Balaban J connectivity index is 1.65. The number of aryl methyl sites for hydroxylation is 1. The Kier molecular flexibility index (Phi) is 4.79. The molecule has 0 saturated heterocycles. The molecule has 0 aliphatic heterocycles. The Hall–Kier alpha value is -1.11. The molecule has 0 spiro atoms. The Morgan fingerprint density at radius 1 is 1.37 bits per heavy atom. The number of hydrogen-bond donors (Lipinski definition) is 2. The van der Waals surface area contributed by atoms with Gasteiger partial charge in [-0.25, -0.2) is 4.98 Å². The van der Waals surface area contributed by atoms with Gasteiger partial charge in [-0.2, -0.15) is 18.3 Å². The van der Waals surface area contributed by atoms with Crippen LogP contribution in [0.1, 0.15) is 37.9 Å². The van der Waals surface area contributed by atoms with E-state index in [1.165, 1.54) is 6.33 Å². The third kappa shape index (κ3) is 4.49. The Labute approximate surface area is 110 Å². The highest BCUT2D eigenvalue weighted by atomic mass is 19.4. The number of rotatable bonds is 5. The summed E-state index contributed by atoms with van der Waals surface area (Å²) in [4.78, 5) is 4.00. The highest BCUT2D eigenvalue weighted by molar-refractivity contribution is 4.83. The van der Waals surface area contributed by atoms with Crippen LogP contribution in [0.25, 0.3) is 0 Å². The predicted molar refractivity (Wildman–Crippen MR) is 64.5 cm³/mol. The first-order valence-corrected chi connectivity index (χ1v) is 6.70. The van der Waals surface area contributed by atoms with Crippen LogP contribution < -0.4 is 5.32 Å². The van der Waals surface area contributed by atoms with Crippen LogP contribution in [0.15, 0.2) is 6.33 Å². The Bertz CT molecular complexity index is 364. The summed E-state index contributed by atoms with van der Waals surface area (Å²) in [6.45, 7) is 0.718. The van der Waals surface area contributed by atoms with E-state index in [0.29, 0.717) is 6.42 Å². The molecule has 2 rings (SSSR count). The molecule has 1 fully saturated rings. The van der Waals surface area contributed by atoms with Crippen LogP contribution in [0.2, 0.25) is 0 Å². The molecule has 0 bridgehead atoms. The topological polar surface area (TPSA) is 53.6 Å². The number of halogens is 3. The normalized spacial score (nSPS) is 24.6. The summed E-state index contributed by atoms with van der Waals surface area (Å²) in [7, 11) is 0. The van der Waals surface area contributed by atoms with Crippen molar-refractivity contribution in [2.45, 2.75) is 50.7 Å². The van der Waals surface area contributed by atoms with Crippen molar-refractivity contribution in [2.75, 3.05) is 6.54 Å². The van der Waals surface area contributed by atoms with Crippen LogP contribution in [0.5, 0.6) is 0 Å². The second kappa shape index (κ2) is 6.36. The van der Waals surface area contributed by atoms with Crippen molar-refractivity contribution in [2.24, 2.45) is 5.92 Å². The van der Waals surface area contributed by atoms with E-state index in [9.17, 15) is 13.2 Å². The standard InChI is InChI=1S/C12H19F3N4/c13-12(14,15)9-3-1-4-10(7-9)16-6-2-5-11-17-8-18-19-11/h8-10,16H,1-7H2,(H,17,18,19). The fourth-order valence-corrected chi connectivity index (χ4v) is 2.59. The fourth-order valence-electron chi connectivity index (χ4n) is 2.59. The first-order chi connectivity index (χ1) is 9.05. The summed E-state index contributed by atoms with van der Waals surface area (Å²) in [5.41, 5.74) is 0. The largest absolute Gasteiger partial charge is 0.391 e. The van der Waals surface area contributed by atoms with Crippen LogP contribution in [-0.4, -0.2) is 33.9 Å². The monoisotopic (exact) mass is 276 g/mol. The summed E-state index contributed by atoms with van der Waals surface area (Å²) in [6, 6.07) is -0.00454. The molecule has 4 nitrogen and oxygen atoms in total. The number of aromatic amines is 1. The number of nitrogens with zero attached hydrogens (tertiary/aromatic N) is 2. The molecular weight excluding hydrogens is 257 g/mol. The van der Waals surface area contributed by atoms with Gasteiger partial charge in [0.05, 0.1) is 5.92 Å². The van der Waals surface area contributed by atoms with Gasteiger partial charge in [0.15, 0.2) is 0 Å². The average molecular weight is 276 g/mol. The molecule has 1 aliphatic rings. The van der Waals surface area contributed by atoms with Crippen molar-refractivity contribution < 1.29 is 13.2 Å². The van der Waals surface area contributed by atoms with Gasteiger partial charge >= 0.3 is 6.18 Å². The van der Waals surface area contributed by atoms with Crippen molar-refractivity contribution >= 4 is 0 Å². The van der Waals surface area contributed by atoms with E-state index in [4.69, 9.17) is 0 Å². The molecule has 7 heteroatoms. The quantitative estimate of drug-likeness (QED) is 0.812. The molecule has 2 unspecified atom stereocenters. The van der Waals surface area contributed by atoms with Gasteiger partial charge in [-0.1, -0.05) is 6.42 Å². The Morgan fingerprint density at radius 2 is 2.21 bits per heavy atom. The summed E-state index contributed by atoms with van der Waals surface area (Å²) in [5.74, 6) is -0.313. The van der Waals surface area contributed by atoms with E-state index in [1.807, 2.05) is 0 Å². The second-order valence-corrected chi connectivity index (χ2v) is 5.09. The lowest BCUT2D eigenvalue weighted by Gasteiger charge is -2.31. The lowest BCUT2D eigenvalue weighted by Crippen LogP contribution is -2.39. The molecule has 1 aliphatic carbocycles. The molecular formula is C12H19F3N4. The minimum Gasteiger partial charge on any atom is -0.314 e. The molecule has 1 heterocycles. The zero-order valence-corrected chi connectivity index (χ0v) is 10.7. The van der Waals surface area contributed by atoms with E-state index in [2.05, 4.69) is 20.5 Å². The van der Waals surface area contributed by atoms with E-state index in [1.54, 1.807) is 0 Å². The van der Waals surface area contributed by atoms with Crippen molar-refractivity contribution in [1.82, 2.24) is 20.5 Å². The zero-order valence-electron chi connectivity index (χ0n) is 10.7. The van der Waals surface area contributed by atoms with Gasteiger partial charge in [-0.05, 0) is 32.2 Å². The van der Waals surface area contributed by atoms with Crippen LogP contribution in [0.3, 0.4) is 0 Å². The fraction of sp³-hybridized carbons (Fsp3) is 0.833. The number of hydrogen-bond acceptors (Lipinski definition) is 3. The van der Waals surface area contributed by atoms with E-state index in [0.717, 1.165) is 31.6 Å². The molecule has 2 N–H and O–H groups in total. The zero-order chi connectivity index (χ0) is 13.7. The van der Waals surface area contributed by atoms with Gasteiger partial charge < -0.3 is 5.32 Å². The van der Waals surface area contributed by atoms with Gasteiger partial charge in [0, 0.05) is 12.5 Å². The molecule has 1 saturated carbocycles. The van der Waals surface area contributed by atoms with Gasteiger partial charge in [0.25, 0.3) is 0 Å². The lowest BCUT2D eigenvalue weighted by molar-refractivity contribution is -0.183. The maximum absolute atomic E-state index is 12.6. The maximum Gasteiger partial charge on any atom is 0.391 e. The van der Waals surface area contributed by atoms with Crippen LogP contribution in [0, 0.1) is 5.92 Å². The molecule has 108 valence electrons. The number of H-pyrrole nitrogens is 1. The molecule has 0 amide bonds. The van der Waals surface area contributed by atoms with Gasteiger partial charge in [-0.15, -0.1) is 0 Å². The lowest BCUT2D eigenvalue weighted by atomic mass is 9.85. The van der Waals surface area contributed by atoms with Crippen molar-refractivity contribution in [3.8, 4) is 0 Å². The van der Waals surface area contributed by atoms with Crippen LogP contribution >= 0.6 is 0 Å². The molecule has 1 aromatic rings.